The van der Waals surface area contributed by atoms with Gasteiger partial charge in [0.15, 0.2) is 0 Å². The molecule has 1 aliphatic rings. The lowest BCUT2D eigenvalue weighted by Crippen LogP contribution is -2.33. The Balaban J connectivity index is 2.19. The molecule has 52 valence electrons. The number of hydrogen-bond donors (Lipinski definition) is 1. The fraction of sp³-hybridized carbons (Fsp3) is 0.800. The van der Waals surface area contributed by atoms with E-state index in [0.29, 0.717) is 5.94 Å². The molecule has 1 amide bonds. The molecule has 1 N–H and O–H groups in total. The number of carbonyl (C=O) groups is 1. The SMILES string of the molecule is CC(=O)NC1CSCO1. The highest BCUT2D eigenvalue weighted by molar-refractivity contribution is 7.99. The third-order valence-corrected chi connectivity index (χ3v) is 1.83. The first kappa shape index (κ1) is 6.89. The molecular weight excluding hydrogens is 138 g/mol. The molecule has 1 heterocycles. The normalized spacial score (nSPS) is 26.1. The summed E-state index contributed by atoms with van der Waals surface area (Å²) in [5, 5.41) is 2.66. The molecule has 4 heteroatoms. The second-order valence-corrected chi connectivity index (χ2v) is 2.82. The number of amides is 1. The Morgan fingerprint density at radius 3 is 3.11 bits per heavy atom. The van der Waals surface area contributed by atoms with Crippen molar-refractivity contribution in [2.75, 3.05) is 11.7 Å². The van der Waals surface area contributed by atoms with Gasteiger partial charge in [0, 0.05) is 12.7 Å². The minimum atomic E-state index is -0.0486. The average Bonchev–Trinajstić information content (AvgIpc) is 2.15. The number of carbonyl (C=O) groups excluding carboxylic acids is 1. The number of hydrogen-bond acceptors (Lipinski definition) is 3. The largest absolute Gasteiger partial charge is 0.347 e. The molecule has 1 aliphatic heterocycles. The van der Waals surface area contributed by atoms with Crippen molar-refractivity contribution in [1.29, 1.82) is 0 Å². The van der Waals surface area contributed by atoms with E-state index in [1.807, 2.05) is 0 Å². The zero-order valence-electron chi connectivity index (χ0n) is 5.22. The fourth-order valence-electron chi connectivity index (χ4n) is 0.644. The molecule has 9 heavy (non-hydrogen) atoms. The maximum atomic E-state index is 10.4. The maximum absolute atomic E-state index is 10.4. The first-order valence-electron chi connectivity index (χ1n) is 2.75. The van der Waals surface area contributed by atoms with E-state index in [1.54, 1.807) is 11.8 Å². The van der Waals surface area contributed by atoms with E-state index in [1.165, 1.54) is 6.92 Å². The van der Waals surface area contributed by atoms with Gasteiger partial charge in [-0.1, -0.05) is 0 Å². The van der Waals surface area contributed by atoms with Gasteiger partial charge in [0.05, 0.1) is 5.94 Å². The van der Waals surface area contributed by atoms with Crippen molar-refractivity contribution in [1.82, 2.24) is 5.32 Å². The van der Waals surface area contributed by atoms with E-state index >= 15 is 0 Å². The Morgan fingerprint density at radius 1 is 1.89 bits per heavy atom. The van der Waals surface area contributed by atoms with Crippen LogP contribution in [0.1, 0.15) is 6.92 Å². The molecule has 1 unspecified atom stereocenters. The summed E-state index contributed by atoms with van der Waals surface area (Å²) in [5.74, 6) is 1.55. The molecule has 0 aromatic heterocycles. The van der Waals surface area contributed by atoms with Crippen LogP contribution in [-0.4, -0.2) is 23.8 Å². The van der Waals surface area contributed by atoms with Crippen molar-refractivity contribution in [2.24, 2.45) is 0 Å². The fourth-order valence-corrected chi connectivity index (χ4v) is 1.39. The summed E-state index contributed by atoms with van der Waals surface area (Å²) < 4.78 is 5.09. The monoisotopic (exact) mass is 147 g/mol. The second-order valence-electron chi connectivity index (χ2n) is 1.84. The van der Waals surface area contributed by atoms with Gasteiger partial charge in [-0.2, -0.15) is 0 Å². The zero-order chi connectivity index (χ0) is 6.69. The van der Waals surface area contributed by atoms with Crippen molar-refractivity contribution in [3.05, 3.63) is 0 Å². The standard InChI is InChI=1S/C5H9NO2S/c1-4(7)6-5-2-9-3-8-5/h5H,2-3H2,1H3,(H,6,7). The number of rotatable bonds is 1. The summed E-state index contributed by atoms with van der Waals surface area (Å²) in [4.78, 5) is 10.4. The van der Waals surface area contributed by atoms with E-state index in [9.17, 15) is 4.79 Å². The molecule has 1 atom stereocenters. The lowest BCUT2D eigenvalue weighted by molar-refractivity contribution is -0.121. The Bertz CT molecular complexity index is 112. The van der Waals surface area contributed by atoms with Gasteiger partial charge in [-0.05, 0) is 0 Å². The van der Waals surface area contributed by atoms with Gasteiger partial charge in [0.2, 0.25) is 5.91 Å². The van der Waals surface area contributed by atoms with Crippen molar-refractivity contribution >= 4 is 17.7 Å². The van der Waals surface area contributed by atoms with Crippen LogP contribution in [0.3, 0.4) is 0 Å². The quantitative estimate of drug-likeness (QED) is 0.574. The van der Waals surface area contributed by atoms with Crippen LogP contribution in [0.4, 0.5) is 0 Å². The van der Waals surface area contributed by atoms with Crippen LogP contribution in [0.15, 0.2) is 0 Å². The average molecular weight is 147 g/mol. The third kappa shape index (κ3) is 2.24. The molecular formula is C5H9NO2S. The minimum Gasteiger partial charge on any atom is -0.347 e. The summed E-state index contributed by atoms with van der Waals surface area (Å²) in [6, 6.07) is 0. The van der Waals surface area contributed by atoms with Gasteiger partial charge in [-0.3, -0.25) is 4.79 Å². The van der Waals surface area contributed by atoms with Crippen LogP contribution >= 0.6 is 11.8 Å². The Labute approximate surface area is 58.1 Å². The van der Waals surface area contributed by atoms with Gasteiger partial charge in [-0.25, -0.2) is 0 Å². The third-order valence-electron chi connectivity index (χ3n) is 0.986. The van der Waals surface area contributed by atoms with Crippen molar-refractivity contribution in [3.63, 3.8) is 0 Å². The topological polar surface area (TPSA) is 38.3 Å². The summed E-state index contributed by atoms with van der Waals surface area (Å²) in [5.41, 5.74) is 0. The summed E-state index contributed by atoms with van der Waals surface area (Å²) in [6.45, 7) is 1.49. The molecule has 0 aromatic rings. The van der Waals surface area contributed by atoms with Crippen molar-refractivity contribution < 1.29 is 9.53 Å². The molecule has 1 saturated heterocycles. The second kappa shape index (κ2) is 3.08. The van der Waals surface area contributed by atoms with E-state index in [4.69, 9.17) is 4.74 Å². The Morgan fingerprint density at radius 2 is 2.67 bits per heavy atom. The maximum Gasteiger partial charge on any atom is 0.218 e. The smallest absolute Gasteiger partial charge is 0.218 e. The molecule has 0 aliphatic carbocycles. The predicted octanol–water partition coefficient (Wildman–Crippen LogP) is 0.170. The number of ether oxygens (including phenoxy) is 1. The van der Waals surface area contributed by atoms with Crippen LogP contribution in [0.5, 0.6) is 0 Å². The molecule has 1 fully saturated rings. The predicted molar refractivity (Wildman–Crippen MR) is 36.0 cm³/mol. The van der Waals surface area contributed by atoms with E-state index in [0.717, 1.165) is 5.75 Å². The minimum absolute atomic E-state index is 0.0255. The van der Waals surface area contributed by atoms with Gasteiger partial charge < -0.3 is 10.1 Å². The molecule has 0 radical (unpaired) electrons. The van der Waals surface area contributed by atoms with Crippen LogP contribution < -0.4 is 5.32 Å². The Kier molecular flexibility index (Phi) is 2.36. The molecule has 0 aromatic carbocycles. The van der Waals surface area contributed by atoms with Crippen LogP contribution in [-0.2, 0) is 9.53 Å². The highest BCUT2D eigenvalue weighted by atomic mass is 32.2. The molecule has 0 saturated carbocycles. The van der Waals surface area contributed by atoms with Crippen LogP contribution in [0.25, 0.3) is 0 Å². The van der Waals surface area contributed by atoms with Crippen LogP contribution in [0.2, 0.25) is 0 Å². The zero-order valence-corrected chi connectivity index (χ0v) is 6.03. The molecule has 0 spiro atoms. The Hall–Kier alpha value is -0.220. The number of thioether (sulfide) groups is 1. The van der Waals surface area contributed by atoms with Gasteiger partial charge >= 0.3 is 0 Å². The highest BCUT2D eigenvalue weighted by Gasteiger charge is 2.15. The summed E-state index contributed by atoms with van der Waals surface area (Å²) >= 11 is 1.69. The van der Waals surface area contributed by atoms with Gasteiger partial charge in [0.25, 0.3) is 0 Å². The van der Waals surface area contributed by atoms with Crippen molar-refractivity contribution in [3.8, 4) is 0 Å². The molecule has 0 bridgehead atoms. The lowest BCUT2D eigenvalue weighted by atomic mass is 10.6. The molecule has 3 nitrogen and oxygen atoms in total. The first-order chi connectivity index (χ1) is 4.29. The van der Waals surface area contributed by atoms with Crippen LogP contribution in [0, 0.1) is 0 Å². The van der Waals surface area contributed by atoms with E-state index in [2.05, 4.69) is 5.32 Å². The number of nitrogens with one attached hydrogen (secondary N) is 1. The first-order valence-corrected chi connectivity index (χ1v) is 3.91. The van der Waals surface area contributed by atoms with E-state index < -0.39 is 0 Å². The molecule has 1 rings (SSSR count). The van der Waals surface area contributed by atoms with E-state index in [-0.39, 0.29) is 12.1 Å². The van der Waals surface area contributed by atoms with Crippen molar-refractivity contribution in [2.45, 2.75) is 13.2 Å². The highest BCUT2D eigenvalue weighted by Crippen LogP contribution is 2.13. The van der Waals surface area contributed by atoms with Gasteiger partial charge in [-0.15, -0.1) is 11.8 Å². The lowest BCUT2D eigenvalue weighted by Gasteiger charge is -2.07. The summed E-state index contributed by atoms with van der Waals surface area (Å²) in [6.07, 6.45) is -0.0486. The summed E-state index contributed by atoms with van der Waals surface area (Å²) in [7, 11) is 0. The van der Waals surface area contributed by atoms with Gasteiger partial charge in [0.1, 0.15) is 6.23 Å².